The van der Waals surface area contributed by atoms with E-state index in [0.29, 0.717) is 11.7 Å². The van der Waals surface area contributed by atoms with Gasteiger partial charge in [-0.3, -0.25) is 10.1 Å². The lowest BCUT2D eigenvalue weighted by molar-refractivity contribution is -0.384. The van der Waals surface area contributed by atoms with E-state index in [9.17, 15) is 10.1 Å². The summed E-state index contributed by atoms with van der Waals surface area (Å²) in [5, 5.41) is 11.0. The summed E-state index contributed by atoms with van der Waals surface area (Å²) in [7, 11) is 0. The summed E-state index contributed by atoms with van der Waals surface area (Å²) in [4.78, 5) is 16.8. The molecule has 92 valence electrons. The third-order valence-electron chi connectivity index (χ3n) is 3.28. The Labute approximate surface area is 101 Å². The summed E-state index contributed by atoms with van der Waals surface area (Å²) in [6, 6.07) is 3.14. The van der Waals surface area contributed by atoms with Crippen molar-refractivity contribution in [3.05, 3.63) is 28.4 Å². The molecule has 5 nitrogen and oxygen atoms in total. The van der Waals surface area contributed by atoms with E-state index < -0.39 is 0 Å². The van der Waals surface area contributed by atoms with Gasteiger partial charge in [-0.2, -0.15) is 0 Å². The van der Waals surface area contributed by atoms with Gasteiger partial charge < -0.3 is 4.90 Å². The van der Waals surface area contributed by atoms with Crippen LogP contribution in [0.4, 0.5) is 11.5 Å². The monoisotopic (exact) mass is 235 g/mol. The third-order valence-corrected chi connectivity index (χ3v) is 3.28. The maximum atomic E-state index is 11.0. The summed E-state index contributed by atoms with van der Waals surface area (Å²) in [6.45, 7) is 3.96. The molecule has 5 heteroatoms. The second kappa shape index (κ2) is 5.12. The van der Waals surface area contributed by atoms with Gasteiger partial charge in [0.25, 0.3) is 0 Å². The van der Waals surface area contributed by atoms with E-state index in [-0.39, 0.29) is 10.6 Å². The first kappa shape index (κ1) is 11.8. The Hall–Kier alpha value is -1.65. The summed E-state index contributed by atoms with van der Waals surface area (Å²) in [5.74, 6) is 1.22. The summed E-state index contributed by atoms with van der Waals surface area (Å²) in [5.41, 5.74) is 0.113. The van der Waals surface area contributed by atoms with Gasteiger partial charge in [0.05, 0.1) is 4.92 Å². The fourth-order valence-corrected chi connectivity index (χ4v) is 2.25. The lowest BCUT2D eigenvalue weighted by atomic mass is 10.0. The van der Waals surface area contributed by atoms with E-state index >= 15 is 0 Å². The minimum absolute atomic E-state index is 0.113. The first-order valence-corrected chi connectivity index (χ1v) is 6.03. The van der Waals surface area contributed by atoms with Crippen molar-refractivity contribution in [2.24, 2.45) is 5.92 Å². The molecular formula is C12H17N3O2. The zero-order valence-electron chi connectivity index (χ0n) is 10.0. The molecule has 1 atom stereocenters. The molecule has 0 saturated carbocycles. The summed E-state index contributed by atoms with van der Waals surface area (Å²) < 4.78 is 0. The molecule has 1 aliphatic rings. The molecule has 0 amide bonds. The molecule has 1 aromatic rings. The van der Waals surface area contributed by atoms with Crippen molar-refractivity contribution >= 4 is 11.5 Å². The molecule has 0 spiro atoms. The number of pyridine rings is 1. The van der Waals surface area contributed by atoms with Crippen LogP contribution >= 0.6 is 0 Å². The van der Waals surface area contributed by atoms with E-state index in [0.717, 1.165) is 25.9 Å². The van der Waals surface area contributed by atoms with Crippen molar-refractivity contribution in [1.82, 2.24) is 4.98 Å². The second-order valence-electron chi connectivity index (χ2n) is 4.63. The third kappa shape index (κ3) is 2.72. The predicted molar refractivity (Wildman–Crippen MR) is 66.1 cm³/mol. The number of hydrogen-bond acceptors (Lipinski definition) is 4. The molecule has 1 aromatic heterocycles. The molecule has 17 heavy (non-hydrogen) atoms. The number of rotatable bonds is 2. The van der Waals surface area contributed by atoms with Crippen LogP contribution in [0.2, 0.25) is 0 Å². The molecule has 1 aliphatic heterocycles. The first-order chi connectivity index (χ1) is 8.18. The van der Waals surface area contributed by atoms with Gasteiger partial charge in [0.15, 0.2) is 0 Å². The number of nitro groups is 1. The van der Waals surface area contributed by atoms with Crippen LogP contribution in [0, 0.1) is 16.0 Å². The zero-order chi connectivity index (χ0) is 12.3. The van der Waals surface area contributed by atoms with E-state index in [4.69, 9.17) is 0 Å². The maximum absolute atomic E-state index is 11.0. The van der Waals surface area contributed by atoms with Gasteiger partial charge in [-0.25, -0.2) is 4.98 Å². The average Bonchev–Trinajstić information content (AvgIpc) is 2.54. The fourth-order valence-electron chi connectivity index (χ4n) is 2.25. The van der Waals surface area contributed by atoms with Gasteiger partial charge in [-0.05, 0) is 31.2 Å². The van der Waals surface area contributed by atoms with Crippen molar-refractivity contribution in [2.45, 2.75) is 26.2 Å². The molecule has 0 aliphatic carbocycles. The highest BCUT2D eigenvalue weighted by molar-refractivity contribution is 5.57. The Morgan fingerprint density at radius 1 is 1.47 bits per heavy atom. The summed E-state index contributed by atoms with van der Waals surface area (Å²) in [6.07, 6.45) is 4.97. The molecule has 0 aromatic carbocycles. The smallest absolute Gasteiger partial charge is 0.311 e. The van der Waals surface area contributed by atoms with Crippen molar-refractivity contribution < 1.29 is 4.92 Å². The van der Waals surface area contributed by atoms with E-state index in [2.05, 4.69) is 11.9 Å². The Bertz CT molecular complexity index is 408. The van der Waals surface area contributed by atoms with Crippen LogP contribution in [0.3, 0.4) is 0 Å². The Morgan fingerprint density at radius 2 is 2.29 bits per heavy atom. The van der Waals surface area contributed by atoms with Crippen LogP contribution in [-0.4, -0.2) is 23.0 Å². The van der Waals surface area contributed by atoms with Gasteiger partial charge in [-0.1, -0.05) is 6.92 Å². The number of nitrogens with zero attached hydrogens (tertiary/aromatic N) is 3. The van der Waals surface area contributed by atoms with Crippen molar-refractivity contribution in [1.29, 1.82) is 0 Å². The molecule has 1 unspecified atom stereocenters. The average molecular weight is 235 g/mol. The van der Waals surface area contributed by atoms with Crippen LogP contribution in [0.15, 0.2) is 18.3 Å². The van der Waals surface area contributed by atoms with E-state index in [1.54, 1.807) is 12.3 Å². The first-order valence-electron chi connectivity index (χ1n) is 6.03. The standard InChI is InChI=1S/C12H17N3O2/c1-10-4-3-8-14(9-6-10)12-11(15(16)17)5-2-7-13-12/h2,5,7,10H,3-4,6,8-9H2,1H3. The predicted octanol–water partition coefficient (Wildman–Crippen LogP) is 2.62. The van der Waals surface area contributed by atoms with Gasteiger partial charge in [0, 0.05) is 25.4 Å². The maximum Gasteiger partial charge on any atom is 0.311 e. The Morgan fingerprint density at radius 3 is 3.06 bits per heavy atom. The Kier molecular flexibility index (Phi) is 3.56. The quantitative estimate of drug-likeness (QED) is 0.584. The molecule has 0 N–H and O–H groups in total. The fraction of sp³-hybridized carbons (Fsp3) is 0.583. The number of anilines is 1. The van der Waals surface area contributed by atoms with Crippen LogP contribution in [-0.2, 0) is 0 Å². The molecule has 2 rings (SSSR count). The van der Waals surface area contributed by atoms with Crippen molar-refractivity contribution in [3.8, 4) is 0 Å². The molecule has 0 bridgehead atoms. The number of aromatic nitrogens is 1. The van der Waals surface area contributed by atoms with Crippen LogP contribution in [0.25, 0.3) is 0 Å². The van der Waals surface area contributed by atoms with Crippen LogP contribution < -0.4 is 4.90 Å². The van der Waals surface area contributed by atoms with Gasteiger partial charge in [0.2, 0.25) is 5.82 Å². The largest absolute Gasteiger partial charge is 0.351 e. The normalized spacial score (nSPS) is 21.0. The summed E-state index contributed by atoms with van der Waals surface area (Å²) >= 11 is 0. The second-order valence-corrected chi connectivity index (χ2v) is 4.63. The molecule has 1 saturated heterocycles. The lowest BCUT2D eigenvalue weighted by Gasteiger charge is -2.20. The van der Waals surface area contributed by atoms with Gasteiger partial charge in [-0.15, -0.1) is 0 Å². The highest BCUT2D eigenvalue weighted by atomic mass is 16.6. The topological polar surface area (TPSA) is 59.3 Å². The lowest BCUT2D eigenvalue weighted by Crippen LogP contribution is -2.25. The molecule has 2 heterocycles. The zero-order valence-corrected chi connectivity index (χ0v) is 10.0. The van der Waals surface area contributed by atoms with Crippen LogP contribution in [0.1, 0.15) is 26.2 Å². The highest BCUT2D eigenvalue weighted by Gasteiger charge is 2.22. The van der Waals surface area contributed by atoms with Gasteiger partial charge >= 0.3 is 5.69 Å². The number of hydrogen-bond donors (Lipinski definition) is 0. The SMILES string of the molecule is CC1CCCN(c2ncccc2[N+](=O)[O-])CC1. The van der Waals surface area contributed by atoms with Crippen molar-refractivity contribution in [3.63, 3.8) is 0 Å². The minimum Gasteiger partial charge on any atom is -0.351 e. The van der Waals surface area contributed by atoms with E-state index in [1.165, 1.54) is 12.5 Å². The Balaban J connectivity index is 2.24. The van der Waals surface area contributed by atoms with Gasteiger partial charge in [0.1, 0.15) is 0 Å². The van der Waals surface area contributed by atoms with E-state index in [1.807, 2.05) is 4.90 Å². The molecule has 0 radical (unpaired) electrons. The minimum atomic E-state index is -0.351. The highest BCUT2D eigenvalue weighted by Crippen LogP contribution is 2.28. The molecule has 1 fully saturated rings. The van der Waals surface area contributed by atoms with Crippen molar-refractivity contribution in [2.75, 3.05) is 18.0 Å². The molecular weight excluding hydrogens is 218 g/mol. The van der Waals surface area contributed by atoms with Crippen LogP contribution in [0.5, 0.6) is 0 Å².